The quantitative estimate of drug-likeness (QED) is 0.0299. The van der Waals surface area contributed by atoms with E-state index in [1.54, 1.807) is 75.9 Å². The Bertz CT molecular complexity index is 2850. The Kier molecular flexibility index (Phi) is 19.0. The van der Waals surface area contributed by atoms with Gasteiger partial charge in [-0.25, -0.2) is 14.4 Å². The SMILES string of the molecule is COC(=O)c1ccc(OC)cc1I.COc1cc(-c2ccc(N)c(OC)c2)ccc1N.COc1ccc(C(=O)O)c(Nc2ccc(-c3ccc(Nc4cc(OC)ccc4C(=O)O)c(OC)c3)cc2OC)c1. The van der Waals surface area contributed by atoms with Crippen LogP contribution in [0.15, 0.2) is 127 Å². The van der Waals surface area contributed by atoms with Gasteiger partial charge >= 0.3 is 17.9 Å². The van der Waals surface area contributed by atoms with E-state index in [0.717, 1.165) is 31.6 Å². The number of nitrogens with two attached hydrogens (primary N) is 2. The summed E-state index contributed by atoms with van der Waals surface area (Å²) in [6.45, 7) is 0. The average Bonchev–Trinajstić information content (AvgIpc) is 3.39. The molecule has 0 heterocycles. The molecular formula is C53H53IN4O13. The highest BCUT2D eigenvalue weighted by Gasteiger charge is 2.17. The lowest BCUT2D eigenvalue weighted by Crippen LogP contribution is -2.04. The van der Waals surface area contributed by atoms with Gasteiger partial charge in [-0.15, -0.1) is 0 Å². The third kappa shape index (κ3) is 13.6. The number of hydrogen-bond donors (Lipinski definition) is 6. The van der Waals surface area contributed by atoms with Gasteiger partial charge in [0, 0.05) is 15.7 Å². The molecule has 0 atom stereocenters. The highest BCUT2D eigenvalue weighted by atomic mass is 127. The van der Waals surface area contributed by atoms with Crippen LogP contribution >= 0.6 is 22.6 Å². The van der Waals surface area contributed by atoms with Crippen LogP contribution in [0, 0.1) is 3.57 Å². The Morgan fingerprint density at radius 1 is 0.408 bits per heavy atom. The lowest BCUT2D eigenvalue weighted by atomic mass is 10.0. The van der Waals surface area contributed by atoms with Gasteiger partial charge in [-0.05, 0) is 136 Å². The van der Waals surface area contributed by atoms with Gasteiger partial charge in [-0.2, -0.15) is 0 Å². The number of nitrogen functional groups attached to an aromatic ring is 2. The molecule has 18 heteroatoms. The lowest BCUT2D eigenvalue weighted by Gasteiger charge is -2.17. The maximum absolute atomic E-state index is 11.7. The number of benzene rings is 7. The molecule has 0 aromatic heterocycles. The minimum atomic E-state index is -1.08. The summed E-state index contributed by atoms with van der Waals surface area (Å²) in [6.07, 6.45) is 0. The highest BCUT2D eigenvalue weighted by molar-refractivity contribution is 14.1. The van der Waals surface area contributed by atoms with Crippen molar-refractivity contribution in [3.8, 4) is 62.5 Å². The van der Waals surface area contributed by atoms with Gasteiger partial charge in [-0.1, -0.05) is 24.3 Å². The predicted octanol–water partition coefficient (Wildman–Crippen LogP) is 10.9. The third-order valence-corrected chi connectivity index (χ3v) is 11.5. The molecule has 7 aromatic rings. The normalized spacial score (nSPS) is 10.2. The molecule has 0 bridgehead atoms. The summed E-state index contributed by atoms with van der Waals surface area (Å²) in [5.74, 6) is 1.55. The summed E-state index contributed by atoms with van der Waals surface area (Å²) in [7, 11) is 12.2. The van der Waals surface area contributed by atoms with Crippen LogP contribution in [0.2, 0.25) is 0 Å². The van der Waals surface area contributed by atoms with E-state index in [1.165, 1.54) is 47.7 Å². The molecule has 0 saturated heterocycles. The van der Waals surface area contributed by atoms with Crippen molar-refractivity contribution in [3.05, 3.63) is 148 Å². The van der Waals surface area contributed by atoms with Crippen molar-refractivity contribution in [3.63, 3.8) is 0 Å². The van der Waals surface area contributed by atoms with Crippen LogP contribution in [-0.4, -0.2) is 85.0 Å². The van der Waals surface area contributed by atoms with E-state index in [1.807, 2.05) is 60.7 Å². The number of rotatable bonds is 16. The van der Waals surface area contributed by atoms with Gasteiger partial charge in [0.25, 0.3) is 0 Å². The molecule has 370 valence electrons. The number of aromatic carboxylic acids is 2. The highest BCUT2D eigenvalue weighted by Crippen LogP contribution is 2.39. The van der Waals surface area contributed by atoms with Crippen molar-refractivity contribution < 1.29 is 62.5 Å². The van der Waals surface area contributed by atoms with Crippen LogP contribution in [0.3, 0.4) is 0 Å². The number of ether oxygens (including phenoxy) is 8. The van der Waals surface area contributed by atoms with Crippen LogP contribution in [-0.2, 0) is 4.74 Å². The molecular weight excluding hydrogens is 1030 g/mol. The Labute approximate surface area is 424 Å². The topological polar surface area (TPSA) is 242 Å². The molecule has 17 nitrogen and oxygen atoms in total. The second kappa shape index (κ2) is 25.2. The van der Waals surface area contributed by atoms with Crippen LogP contribution in [0.4, 0.5) is 34.1 Å². The molecule has 0 aliphatic heterocycles. The van der Waals surface area contributed by atoms with Gasteiger partial charge in [0.15, 0.2) is 0 Å². The molecule has 0 radical (unpaired) electrons. The zero-order valence-electron chi connectivity index (χ0n) is 40.0. The zero-order chi connectivity index (χ0) is 51.8. The van der Waals surface area contributed by atoms with Gasteiger partial charge in [0.2, 0.25) is 0 Å². The number of hydrogen-bond acceptors (Lipinski definition) is 15. The monoisotopic (exact) mass is 1080 g/mol. The first-order valence-corrected chi connectivity index (χ1v) is 22.2. The van der Waals surface area contributed by atoms with Crippen LogP contribution < -0.4 is 55.3 Å². The summed E-state index contributed by atoms with van der Waals surface area (Å²) in [4.78, 5) is 34.6. The molecule has 0 unspecified atom stereocenters. The fourth-order valence-electron chi connectivity index (χ4n) is 6.80. The number of nitrogens with one attached hydrogen (secondary N) is 2. The smallest absolute Gasteiger partial charge is 0.338 e. The zero-order valence-corrected chi connectivity index (χ0v) is 42.2. The molecule has 7 aromatic carbocycles. The van der Waals surface area contributed by atoms with Crippen LogP contribution in [0.25, 0.3) is 22.3 Å². The van der Waals surface area contributed by atoms with Crippen molar-refractivity contribution >= 4 is 74.6 Å². The van der Waals surface area contributed by atoms with Gasteiger partial charge in [0.05, 0.1) is 108 Å². The van der Waals surface area contributed by atoms with Crippen molar-refractivity contribution in [2.75, 3.05) is 79.0 Å². The molecule has 0 saturated carbocycles. The lowest BCUT2D eigenvalue weighted by molar-refractivity contribution is 0.0597. The van der Waals surface area contributed by atoms with Crippen molar-refractivity contribution in [2.24, 2.45) is 0 Å². The second-order valence-corrected chi connectivity index (χ2v) is 15.9. The minimum Gasteiger partial charge on any atom is -0.497 e. The fourth-order valence-corrected chi connectivity index (χ4v) is 7.51. The number of carbonyl (C=O) groups excluding carboxylic acids is 1. The first-order valence-electron chi connectivity index (χ1n) is 21.1. The molecule has 8 N–H and O–H groups in total. The summed E-state index contributed by atoms with van der Waals surface area (Å²) in [5.41, 5.74) is 19.0. The van der Waals surface area contributed by atoms with E-state index in [9.17, 15) is 24.6 Å². The molecule has 71 heavy (non-hydrogen) atoms. The maximum atomic E-state index is 11.7. The third-order valence-electron chi connectivity index (χ3n) is 10.6. The molecule has 0 spiro atoms. The van der Waals surface area contributed by atoms with Crippen LogP contribution in [0.5, 0.6) is 40.2 Å². The molecule has 0 amide bonds. The number of carboxylic acid groups (broad SMARTS) is 2. The average molecular weight is 1080 g/mol. The molecule has 0 aliphatic rings. The van der Waals surface area contributed by atoms with E-state index >= 15 is 0 Å². The number of carboxylic acids is 2. The van der Waals surface area contributed by atoms with Crippen LogP contribution in [0.1, 0.15) is 31.1 Å². The maximum Gasteiger partial charge on any atom is 0.338 e. The van der Waals surface area contributed by atoms with E-state index in [0.29, 0.717) is 74.2 Å². The number of methoxy groups -OCH3 is 8. The number of halogens is 1. The van der Waals surface area contributed by atoms with Gasteiger partial charge in [-0.3, -0.25) is 0 Å². The van der Waals surface area contributed by atoms with Crippen molar-refractivity contribution in [2.45, 2.75) is 0 Å². The fraction of sp³-hybridized carbons (Fsp3) is 0.151. The Morgan fingerprint density at radius 2 is 0.746 bits per heavy atom. The standard InChI is InChI=1S/C30H28N2O8.C14H16N2O2.C9H9IO3/c1-37-19-7-9-21(29(33)34)25(15-19)31-23-11-5-17(13-27(23)39-3)18-6-12-24(28(14-18)40-4)32-26-16-20(38-2)8-10-22(26)30(35)36;1-17-13-7-9(3-5-11(13)15)10-4-6-12(16)14(8-10)18-2;1-12-6-3-4-7(8(10)5-6)9(11)13-2/h5-16,31-32H,1-4H3,(H,33,34)(H,35,36);3-8H,15-16H2,1-2H3;3-5H,1-2H3. The molecule has 7 rings (SSSR count). The Morgan fingerprint density at radius 3 is 1.07 bits per heavy atom. The molecule has 0 fully saturated rings. The number of esters is 1. The van der Waals surface area contributed by atoms with E-state index in [4.69, 9.17) is 44.6 Å². The summed E-state index contributed by atoms with van der Waals surface area (Å²) < 4.78 is 42.5. The summed E-state index contributed by atoms with van der Waals surface area (Å²) in [6, 6.07) is 36.7. The largest absolute Gasteiger partial charge is 0.497 e. The Hall–Kier alpha value is -8.52. The predicted molar refractivity (Wildman–Crippen MR) is 282 cm³/mol. The van der Waals surface area contributed by atoms with Gasteiger partial charge < -0.3 is 70.2 Å². The summed E-state index contributed by atoms with van der Waals surface area (Å²) in [5, 5.41) is 25.5. The van der Waals surface area contributed by atoms with E-state index in [-0.39, 0.29) is 17.1 Å². The van der Waals surface area contributed by atoms with E-state index in [2.05, 4.69) is 38.0 Å². The van der Waals surface area contributed by atoms with Crippen molar-refractivity contribution in [1.82, 2.24) is 0 Å². The van der Waals surface area contributed by atoms with Crippen molar-refractivity contribution in [1.29, 1.82) is 0 Å². The summed E-state index contributed by atoms with van der Waals surface area (Å²) >= 11 is 2.07. The second-order valence-electron chi connectivity index (χ2n) is 14.8. The van der Waals surface area contributed by atoms with E-state index < -0.39 is 11.9 Å². The first-order chi connectivity index (χ1) is 34.1. The minimum absolute atomic E-state index is 0.0850. The first kappa shape index (κ1) is 53.4. The van der Waals surface area contributed by atoms with Gasteiger partial charge in [0.1, 0.15) is 40.2 Å². The number of carbonyl (C=O) groups is 3. The Balaban J connectivity index is 0.000000246. The molecule has 0 aliphatic carbocycles. The number of anilines is 6.